The van der Waals surface area contributed by atoms with Gasteiger partial charge in [0.1, 0.15) is 18.0 Å². The van der Waals surface area contributed by atoms with Gasteiger partial charge >= 0.3 is 5.69 Å². The fraction of sp³-hybridized carbons (Fsp3) is 0.478. The second-order valence-electron chi connectivity index (χ2n) is 7.41. The van der Waals surface area contributed by atoms with Crippen LogP contribution in [0.15, 0.2) is 35.4 Å². The monoisotopic (exact) mass is 693 g/mol. The molecule has 2 aromatic heterocycles. The number of rotatable bonds is 4. The lowest BCUT2D eigenvalue weighted by molar-refractivity contribution is -0.0458. The number of H-pyrrole nitrogens is 1. The number of hydrogen-bond acceptors (Lipinski definition) is 7. The van der Waals surface area contributed by atoms with Crippen LogP contribution in [-0.2, 0) is 4.74 Å². The van der Waals surface area contributed by atoms with E-state index in [2.05, 4.69) is 63.1 Å². The molecule has 13 heteroatoms. The van der Waals surface area contributed by atoms with Gasteiger partial charge < -0.3 is 14.9 Å². The SMILES string of the molecule is CC.CC.Cc1c(Br)c(C)c(Br)c(-n2cc(-c3cn([C@H]4C[C@@H](O)C(CO)O4)c(=O)[nH]c3=O)nn2)c1Br. The van der Waals surface area contributed by atoms with Gasteiger partial charge in [-0.3, -0.25) is 14.3 Å². The fourth-order valence-corrected chi connectivity index (χ4v) is 5.91. The molecule has 3 heterocycles. The summed E-state index contributed by atoms with van der Waals surface area (Å²) in [7, 11) is 0. The normalized spacial score (nSPS) is 18.8. The van der Waals surface area contributed by atoms with Crippen molar-refractivity contribution in [1.82, 2.24) is 24.5 Å². The van der Waals surface area contributed by atoms with Gasteiger partial charge in [-0.25, -0.2) is 9.48 Å². The lowest BCUT2D eigenvalue weighted by Crippen LogP contribution is -2.33. The summed E-state index contributed by atoms with van der Waals surface area (Å²) in [5.74, 6) is 0. The highest BCUT2D eigenvalue weighted by Gasteiger charge is 2.35. The van der Waals surface area contributed by atoms with Crippen molar-refractivity contribution in [3.05, 3.63) is 57.8 Å². The van der Waals surface area contributed by atoms with Crippen LogP contribution in [-0.4, -0.2) is 53.6 Å². The molecule has 1 aliphatic heterocycles. The molecule has 1 unspecified atom stereocenters. The standard InChI is InChI=1S/C19H18Br3N5O5.2C2H6/c1-7-14(20)8(2)16(22)17(15(7)21)27-5-10(24-25-27)9-4-26(19(31)23-18(9)30)13-3-11(29)12(6-28)32-13;2*1-2/h4-5,11-13,28-29H,3,6H2,1-2H3,(H,23,30,31);2*1-2H3/t11-,12?,13-;;/m1../s1. The average Bonchev–Trinajstić information content (AvgIpc) is 3.51. The second-order valence-corrected chi connectivity index (χ2v) is 9.79. The number of aromatic nitrogens is 5. The summed E-state index contributed by atoms with van der Waals surface area (Å²) < 4.78 is 10.8. The van der Waals surface area contributed by atoms with Gasteiger partial charge in [0, 0.05) is 26.0 Å². The van der Waals surface area contributed by atoms with Gasteiger partial charge in [0.05, 0.1) is 30.2 Å². The third kappa shape index (κ3) is 5.91. The third-order valence-corrected chi connectivity index (χ3v) is 8.52. The van der Waals surface area contributed by atoms with E-state index in [9.17, 15) is 19.8 Å². The minimum absolute atomic E-state index is 0.0979. The number of nitrogens with one attached hydrogen (secondary N) is 1. The zero-order valence-corrected chi connectivity index (χ0v) is 25.6. The largest absolute Gasteiger partial charge is 0.394 e. The maximum Gasteiger partial charge on any atom is 0.330 e. The number of aliphatic hydroxyl groups excluding tert-OH is 2. The predicted molar refractivity (Wildman–Crippen MR) is 149 cm³/mol. The molecular formula is C23H30Br3N5O5. The minimum Gasteiger partial charge on any atom is -0.394 e. The van der Waals surface area contributed by atoms with Crippen LogP contribution in [0.4, 0.5) is 0 Å². The van der Waals surface area contributed by atoms with E-state index in [1.807, 2.05) is 41.5 Å². The van der Waals surface area contributed by atoms with Gasteiger partial charge in [-0.15, -0.1) is 5.10 Å². The number of ether oxygens (including phenoxy) is 1. The lowest BCUT2D eigenvalue weighted by Gasteiger charge is -2.15. The Balaban J connectivity index is 0.00000109. The molecule has 3 aromatic rings. The van der Waals surface area contributed by atoms with Crippen LogP contribution >= 0.6 is 47.8 Å². The molecule has 3 N–H and O–H groups in total. The maximum atomic E-state index is 12.5. The van der Waals surface area contributed by atoms with Crippen molar-refractivity contribution in [3.8, 4) is 16.9 Å². The molecule has 198 valence electrons. The number of aliphatic hydroxyl groups is 2. The topological polar surface area (TPSA) is 135 Å². The summed E-state index contributed by atoms with van der Waals surface area (Å²) in [6.45, 7) is 11.5. The Bertz CT molecular complexity index is 1290. The van der Waals surface area contributed by atoms with Crippen LogP contribution in [0.1, 0.15) is 51.5 Å². The van der Waals surface area contributed by atoms with Crippen LogP contribution in [0, 0.1) is 13.8 Å². The van der Waals surface area contributed by atoms with Gasteiger partial charge in [-0.05, 0) is 56.8 Å². The molecule has 0 saturated carbocycles. The number of nitrogens with zero attached hydrogens (tertiary/aromatic N) is 4. The van der Waals surface area contributed by atoms with Gasteiger partial charge in [0.15, 0.2) is 0 Å². The molecular weight excluding hydrogens is 666 g/mol. The number of aromatic amines is 1. The quantitative estimate of drug-likeness (QED) is 0.369. The Hall–Kier alpha value is -1.64. The Kier molecular flexibility index (Phi) is 11.3. The molecule has 10 nitrogen and oxygen atoms in total. The summed E-state index contributed by atoms with van der Waals surface area (Å²) >= 11 is 10.8. The third-order valence-electron chi connectivity index (χ3n) is 5.39. The van der Waals surface area contributed by atoms with E-state index in [1.165, 1.54) is 15.4 Å². The lowest BCUT2D eigenvalue weighted by atomic mass is 10.1. The molecule has 1 aliphatic rings. The Labute approximate surface area is 234 Å². The van der Waals surface area contributed by atoms with E-state index in [0.717, 1.165) is 24.5 Å². The second kappa shape index (κ2) is 13.2. The Morgan fingerprint density at radius 3 is 2.17 bits per heavy atom. The highest BCUT2D eigenvalue weighted by atomic mass is 79.9. The van der Waals surface area contributed by atoms with E-state index in [4.69, 9.17) is 4.74 Å². The molecule has 0 bridgehead atoms. The van der Waals surface area contributed by atoms with Crippen LogP contribution in [0.5, 0.6) is 0 Å². The zero-order valence-electron chi connectivity index (χ0n) is 20.8. The zero-order chi connectivity index (χ0) is 27.3. The molecule has 1 fully saturated rings. The summed E-state index contributed by atoms with van der Waals surface area (Å²) in [6, 6.07) is 0. The molecule has 36 heavy (non-hydrogen) atoms. The van der Waals surface area contributed by atoms with Crippen molar-refractivity contribution >= 4 is 47.8 Å². The van der Waals surface area contributed by atoms with Crippen LogP contribution < -0.4 is 11.2 Å². The maximum absolute atomic E-state index is 12.5. The molecule has 4 rings (SSSR count). The number of benzene rings is 1. The Morgan fingerprint density at radius 1 is 1.06 bits per heavy atom. The molecule has 0 spiro atoms. The highest BCUT2D eigenvalue weighted by Crippen LogP contribution is 2.40. The number of hydrogen-bond donors (Lipinski definition) is 3. The summed E-state index contributed by atoms with van der Waals surface area (Å²) in [4.78, 5) is 27.1. The first-order valence-electron chi connectivity index (χ1n) is 11.5. The van der Waals surface area contributed by atoms with Gasteiger partial charge in [0.25, 0.3) is 5.56 Å². The first-order valence-corrected chi connectivity index (χ1v) is 13.9. The average molecular weight is 696 g/mol. The first-order chi connectivity index (χ1) is 17.1. The van der Waals surface area contributed by atoms with Crippen molar-refractivity contribution < 1.29 is 14.9 Å². The van der Waals surface area contributed by atoms with E-state index in [1.54, 1.807) is 6.20 Å². The highest BCUT2D eigenvalue weighted by molar-refractivity contribution is 9.11. The van der Waals surface area contributed by atoms with E-state index in [0.29, 0.717) is 5.69 Å². The van der Waals surface area contributed by atoms with Crippen molar-refractivity contribution in [2.24, 2.45) is 0 Å². The smallest absolute Gasteiger partial charge is 0.330 e. The van der Waals surface area contributed by atoms with E-state index < -0.39 is 29.7 Å². The van der Waals surface area contributed by atoms with Crippen molar-refractivity contribution in [1.29, 1.82) is 0 Å². The first kappa shape index (κ1) is 30.6. The molecule has 3 atom stereocenters. The van der Waals surface area contributed by atoms with Crippen molar-refractivity contribution in [2.75, 3.05) is 6.61 Å². The molecule has 0 aliphatic carbocycles. The molecule has 0 amide bonds. The van der Waals surface area contributed by atoms with Crippen molar-refractivity contribution in [3.63, 3.8) is 0 Å². The summed E-state index contributed by atoms with van der Waals surface area (Å²) in [5, 5.41) is 27.6. The van der Waals surface area contributed by atoms with Crippen molar-refractivity contribution in [2.45, 2.75) is 66.4 Å². The predicted octanol–water partition coefficient (Wildman–Crippen LogP) is 4.38. The van der Waals surface area contributed by atoms with Crippen LogP contribution in [0.2, 0.25) is 0 Å². The summed E-state index contributed by atoms with van der Waals surface area (Å²) in [5.41, 5.74) is 1.69. The molecule has 1 saturated heterocycles. The van der Waals surface area contributed by atoms with Gasteiger partial charge in [-0.2, -0.15) is 0 Å². The molecule has 0 radical (unpaired) electrons. The summed E-state index contributed by atoms with van der Waals surface area (Å²) in [6.07, 6.45) is 0.446. The van der Waals surface area contributed by atoms with Crippen LogP contribution in [0.3, 0.4) is 0 Å². The molecule has 1 aromatic carbocycles. The van der Waals surface area contributed by atoms with E-state index >= 15 is 0 Å². The Morgan fingerprint density at radius 2 is 1.64 bits per heavy atom. The number of halogens is 3. The van der Waals surface area contributed by atoms with E-state index in [-0.39, 0.29) is 24.3 Å². The minimum atomic E-state index is -0.924. The van der Waals surface area contributed by atoms with Gasteiger partial charge in [-0.1, -0.05) is 48.8 Å². The van der Waals surface area contributed by atoms with Gasteiger partial charge in [0.2, 0.25) is 0 Å². The fourth-order valence-electron chi connectivity index (χ4n) is 3.56. The van der Waals surface area contributed by atoms with Crippen LogP contribution in [0.25, 0.3) is 16.9 Å².